The van der Waals surface area contributed by atoms with Gasteiger partial charge in [0.15, 0.2) is 16.1 Å². The lowest BCUT2D eigenvalue weighted by atomic mass is 9.93. The number of para-hydroxylation sites is 4. The average molecular weight is 961 g/mol. The Morgan fingerprint density at radius 1 is 0.236 bits per heavy atom. The van der Waals surface area contributed by atoms with E-state index in [0.717, 1.165) is 56.4 Å². The SMILES string of the molecule is Fc1ccc(-c2cc(-c3ccc(F)cc3)c(N3c4ccccc4[Si](c4ccccc4)(c4ccccc4)c4ccccc43)cc2N2c3ccccc3[Si](c3ccccc3)(c3ccccc3)c3ccccc32)cc1. The number of rotatable bonds is 8. The second-order valence-electron chi connectivity index (χ2n) is 18.6. The van der Waals surface area contributed by atoms with Crippen molar-refractivity contribution in [1.29, 1.82) is 0 Å². The number of benzene rings is 11. The molecule has 6 heteroatoms. The van der Waals surface area contributed by atoms with E-state index in [1.807, 2.05) is 24.3 Å². The van der Waals surface area contributed by atoms with E-state index in [1.54, 1.807) is 24.3 Å². The molecule has 0 bridgehead atoms. The largest absolute Gasteiger partial charge is 0.310 e. The van der Waals surface area contributed by atoms with E-state index in [0.29, 0.717) is 0 Å². The second-order valence-corrected chi connectivity index (χ2v) is 26.1. The van der Waals surface area contributed by atoms with Crippen LogP contribution in [0.15, 0.2) is 279 Å². The lowest BCUT2D eigenvalue weighted by Gasteiger charge is -2.47. The first-order chi connectivity index (χ1) is 35.6. The summed E-state index contributed by atoms with van der Waals surface area (Å²) in [6.45, 7) is 0. The lowest BCUT2D eigenvalue weighted by molar-refractivity contribution is 0.627. The van der Waals surface area contributed by atoms with E-state index < -0.39 is 16.1 Å². The molecule has 2 aliphatic rings. The van der Waals surface area contributed by atoms with Crippen LogP contribution in [-0.2, 0) is 0 Å². The van der Waals surface area contributed by atoms with Gasteiger partial charge in [0.25, 0.3) is 0 Å². The minimum absolute atomic E-state index is 0.308. The van der Waals surface area contributed by atoms with Crippen molar-refractivity contribution < 1.29 is 8.78 Å². The second kappa shape index (κ2) is 17.6. The van der Waals surface area contributed by atoms with E-state index in [1.165, 1.54) is 41.5 Å². The Balaban J connectivity index is 1.16. The number of hydrogen-bond acceptors (Lipinski definition) is 2. The van der Waals surface area contributed by atoms with Gasteiger partial charge in [0.2, 0.25) is 0 Å². The van der Waals surface area contributed by atoms with Gasteiger partial charge in [0.05, 0.1) is 11.4 Å². The van der Waals surface area contributed by atoms with Crippen molar-refractivity contribution in [2.75, 3.05) is 9.80 Å². The monoisotopic (exact) mass is 960 g/mol. The molecule has 11 aromatic rings. The molecule has 0 amide bonds. The highest BCUT2D eigenvalue weighted by Crippen LogP contribution is 2.51. The third-order valence-electron chi connectivity index (χ3n) is 14.9. The molecule has 0 spiro atoms. The molecule has 0 atom stereocenters. The van der Waals surface area contributed by atoms with Crippen molar-refractivity contribution >= 4 is 91.8 Å². The predicted molar refractivity (Wildman–Crippen MR) is 301 cm³/mol. The first kappa shape index (κ1) is 43.3. The van der Waals surface area contributed by atoms with Gasteiger partial charge in [-0.3, -0.25) is 0 Å². The number of hydrogen-bond donors (Lipinski definition) is 0. The van der Waals surface area contributed by atoms with E-state index in [2.05, 4.69) is 240 Å². The average Bonchev–Trinajstić information content (AvgIpc) is 3.45. The summed E-state index contributed by atoms with van der Waals surface area (Å²) in [5.74, 6) is -0.617. The van der Waals surface area contributed by atoms with Gasteiger partial charge in [0.1, 0.15) is 11.6 Å². The highest BCUT2D eigenvalue weighted by atomic mass is 28.3. The van der Waals surface area contributed by atoms with Crippen LogP contribution in [0.4, 0.5) is 42.9 Å². The summed E-state index contributed by atoms with van der Waals surface area (Å²) in [5.41, 5.74) is 9.72. The van der Waals surface area contributed by atoms with Crippen LogP contribution in [0, 0.1) is 11.6 Å². The van der Waals surface area contributed by atoms with Crippen molar-refractivity contribution in [2.45, 2.75) is 0 Å². The van der Waals surface area contributed by atoms with Crippen LogP contribution in [0.5, 0.6) is 0 Å². The molecule has 2 nitrogen and oxygen atoms in total. The Morgan fingerprint density at radius 2 is 0.486 bits per heavy atom. The molecule has 2 heterocycles. The highest BCUT2D eigenvalue weighted by molar-refractivity contribution is 7.22. The highest BCUT2D eigenvalue weighted by Gasteiger charge is 2.51. The maximum absolute atomic E-state index is 15.1. The molecular weight excluding hydrogens is 915 g/mol. The van der Waals surface area contributed by atoms with Gasteiger partial charge >= 0.3 is 0 Å². The quantitative estimate of drug-likeness (QED) is 0.140. The molecule has 11 aromatic carbocycles. The minimum Gasteiger partial charge on any atom is -0.310 e. The van der Waals surface area contributed by atoms with Gasteiger partial charge < -0.3 is 9.80 Å². The van der Waals surface area contributed by atoms with E-state index >= 15 is 8.78 Å². The molecule has 0 saturated heterocycles. The van der Waals surface area contributed by atoms with Gasteiger partial charge in [-0.2, -0.15) is 0 Å². The topological polar surface area (TPSA) is 6.48 Å². The Kier molecular flexibility index (Phi) is 10.6. The summed E-state index contributed by atoms with van der Waals surface area (Å²) in [6, 6.07) is 98.2. The molecule has 0 aliphatic carbocycles. The van der Waals surface area contributed by atoms with Crippen molar-refractivity contribution in [3.05, 3.63) is 291 Å². The van der Waals surface area contributed by atoms with Gasteiger partial charge in [-0.25, -0.2) is 8.78 Å². The number of nitrogens with zero attached hydrogens (tertiary/aromatic N) is 2. The third kappa shape index (κ3) is 6.64. The zero-order chi connectivity index (χ0) is 48.2. The van der Waals surface area contributed by atoms with Crippen molar-refractivity contribution in [2.24, 2.45) is 0 Å². The maximum Gasteiger partial charge on any atom is 0.184 e. The van der Waals surface area contributed by atoms with Crippen LogP contribution >= 0.6 is 0 Å². The molecule has 0 fully saturated rings. The third-order valence-corrected chi connectivity index (χ3v) is 24.7. The minimum atomic E-state index is -2.98. The normalized spacial score (nSPS) is 13.9. The van der Waals surface area contributed by atoms with E-state index in [-0.39, 0.29) is 11.6 Å². The van der Waals surface area contributed by atoms with Gasteiger partial charge in [-0.1, -0.05) is 218 Å². The van der Waals surface area contributed by atoms with Crippen LogP contribution < -0.4 is 51.3 Å². The Bertz CT molecular complexity index is 3350. The Labute approximate surface area is 421 Å². The standard InChI is InChI=1S/C66H46F2N2Si2/c67-49-41-37-47(38-42-49)55-45-56(48-39-43-50(68)44-40-48)62(70-59-31-15-19-35-65(59)72(53-25-9-3-10-26-53,54-27-11-4-12-28-54)66-36-20-16-32-60(66)70)46-61(55)69-57-29-13-17-33-63(57)71(51-21-5-1-6-22-51,52-23-7-2-8-24-52)64-34-18-14-30-58(64)69/h1-46H. The summed E-state index contributed by atoms with van der Waals surface area (Å²) in [7, 11) is -5.96. The number of fused-ring (bicyclic) bond motifs is 4. The summed E-state index contributed by atoms with van der Waals surface area (Å²) >= 11 is 0. The molecule has 0 unspecified atom stereocenters. The van der Waals surface area contributed by atoms with Gasteiger partial charge in [-0.05, 0) is 113 Å². The van der Waals surface area contributed by atoms with E-state index in [9.17, 15) is 0 Å². The van der Waals surface area contributed by atoms with Crippen molar-refractivity contribution in [3.63, 3.8) is 0 Å². The van der Waals surface area contributed by atoms with Crippen LogP contribution in [-0.4, -0.2) is 16.1 Å². The Morgan fingerprint density at radius 3 is 0.764 bits per heavy atom. The fraction of sp³-hybridized carbons (Fsp3) is 0. The van der Waals surface area contributed by atoms with Crippen LogP contribution in [0.1, 0.15) is 0 Å². The van der Waals surface area contributed by atoms with Crippen LogP contribution in [0.25, 0.3) is 22.3 Å². The summed E-state index contributed by atoms with van der Waals surface area (Å²) < 4.78 is 30.2. The maximum atomic E-state index is 15.1. The number of halogens is 2. The molecule has 0 radical (unpaired) electrons. The molecule has 72 heavy (non-hydrogen) atoms. The van der Waals surface area contributed by atoms with Gasteiger partial charge in [0, 0.05) is 33.9 Å². The molecule has 0 aromatic heterocycles. The Hall–Kier alpha value is -8.69. The molecule has 0 N–H and O–H groups in total. The number of anilines is 6. The predicted octanol–water partition coefficient (Wildman–Crippen LogP) is 11.6. The molecule has 2 aliphatic heterocycles. The first-order valence-electron chi connectivity index (χ1n) is 24.5. The molecule has 0 saturated carbocycles. The van der Waals surface area contributed by atoms with Crippen molar-refractivity contribution in [3.8, 4) is 22.3 Å². The molecular formula is C66H46F2N2Si2. The molecule has 13 rings (SSSR count). The lowest BCUT2D eigenvalue weighted by Crippen LogP contribution is -2.77. The summed E-state index contributed by atoms with van der Waals surface area (Å²) in [5, 5.41) is 10.3. The first-order valence-corrected chi connectivity index (χ1v) is 28.5. The molecule has 342 valence electrons. The fourth-order valence-corrected chi connectivity index (χ4v) is 22.2. The van der Waals surface area contributed by atoms with Gasteiger partial charge in [-0.15, -0.1) is 0 Å². The van der Waals surface area contributed by atoms with Crippen molar-refractivity contribution in [1.82, 2.24) is 0 Å². The summed E-state index contributed by atoms with van der Waals surface area (Å²) in [4.78, 5) is 4.90. The fourth-order valence-electron chi connectivity index (χ4n) is 12.0. The van der Waals surface area contributed by atoms with E-state index in [4.69, 9.17) is 0 Å². The summed E-state index contributed by atoms with van der Waals surface area (Å²) in [6.07, 6.45) is 0. The zero-order valence-corrected chi connectivity index (χ0v) is 41.2. The smallest absolute Gasteiger partial charge is 0.184 e. The zero-order valence-electron chi connectivity index (χ0n) is 39.2. The van der Waals surface area contributed by atoms with Crippen LogP contribution in [0.3, 0.4) is 0 Å². The van der Waals surface area contributed by atoms with Crippen LogP contribution in [0.2, 0.25) is 0 Å².